The molecule has 2 aromatic carbocycles. The van der Waals surface area contributed by atoms with E-state index < -0.39 is 0 Å². The van der Waals surface area contributed by atoms with Gasteiger partial charge in [-0.15, -0.1) is 0 Å². The summed E-state index contributed by atoms with van der Waals surface area (Å²) in [6, 6.07) is 16.0. The van der Waals surface area contributed by atoms with Gasteiger partial charge in [-0.05, 0) is 75.2 Å². The molecular weight excluding hydrogens is 532 g/mol. The van der Waals surface area contributed by atoms with E-state index in [1.165, 1.54) is 0 Å². The number of benzene rings is 2. The summed E-state index contributed by atoms with van der Waals surface area (Å²) in [5.74, 6) is 2.39. The van der Waals surface area contributed by atoms with Crippen molar-refractivity contribution in [1.82, 2.24) is 20.3 Å². The quantitative estimate of drug-likeness (QED) is 0.401. The van der Waals surface area contributed by atoms with Crippen molar-refractivity contribution in [3.63, 3.8) is 0 Å². The van der Waals surface area contributed by atoms with Crippen LogP contribution in [0.25, 0.3) is 11.4 Å². The molecular formula is C31H40N8O3. The highest BCUT2D eigenvalue weighted by Crippen LogP contribution is 2.29. The van der Waals surface area contributed by atoms with Crippen molar-refractivity contribution >= 4 is 29.0 Å². The number of piperazine rings is 1. The van der Waals surface area contributed by atoms with Crippen molar-refractivity contribution in [2.24, 2.45) is 0 Å². The predicted octanol–water partition coefficient (Wildman–Crippen LogP) is 4.10. The molecule has 2 atom stereocenters. The average Bonchev–Trinajstić information content (AvgIpc) is 3.02. The summed E-state index contributed by atoms with van der Waals surface area (Å²) in [7, 11) is 0. The van der Waals surface area contributed by atoms with Crippen LogP contribution in [0.15, 0.2) is 48.5 Å². The number of amides is 2. The lowest BCUT2D eigenvalue weighted by Gasteiger charge is -2.34. The highest BCUT2D eigenvalue weighted by molar-refractivity contribution is 5.99. The number of carbonyl (C=O) groups excluding carboxylic acids is 1. The standard InChI is InChI=1S/C31H40N8O3/c1-21-19-38(14-13-32-21)27-9-7-26(8-10-27)34-31(40)33-25-5-3-23(4-6-25)28-35-29(24-11-16-41-17-12-24)37-30(36-28)39-15-18-42-20-22(39)2/h3-10,21-22,24,32H,11-20H2,1-2H3,(H2,33,34,40)/t21-,22-/m1/s1. The van der Waals surface area contributed by atoms with E-state index in [0.717, 1.165) is 75.0 Å². The van der Waals surface area contributed by atoms with Gasteiger partial charge in [-0.3, -0.25) is 0 Å². The summed E-state index contributed by atoms with van der Waals surface area (Å²) in [6.45, 7) is 10.7. The minimum Gasteiger partial charge on any atom is -0.381 e. The third-order valence-corrected chi connectivity index (χ3v) is 8.11. The monoisotopic (exact) mass is 572 g/mol. The molecule has 11 heteroatoms. The number of nitrogens with one attached hydrogen (secondary N) is 3. The number of hydrogen-bond acceptors (Lipinski definition) is 9. The van der Waals surface area contributed by atoms with Crippen molar-refractivity contribution in [2.45, 2.75) is 44.7 Å². The van der Waals surface area contributed by atoms with Gasteiger partial charge >= 0.3 is 6.03 Å². The van der Waals surface area contributed by atoms with Gasteiger partial charge in [0.15, 0.2) is 5.82 Å². The Morgan fingerprint density at radius 3 is 2.29 bits per heavy atom. The third kappa shape index (κ3) is 6.80. The maximum atomic E-state index is 12.7. The van der Waals surface area contributed by atoms with E-state index in [4.69, 9.17) is 24.4 Å². The molecule has 3 saturated heterocycles. The van der Waals surface area contributed by atoms with Crippen LogP contribution in [-0.4, -0.2) is 85.7 Å². The van der Waals surface area contributed by atoms with Gasteiger partial charge in [0.1, 0.15) is 5.82 Å². The maximum Gasteiger partial charge on any atom is 0.323 e. The van der Waals surface area contributed by atoms with Gasteiger partial charge in [0.05, 0.1) is 19.3 Å². The first-order chi connectivity index (χ1) is 20.5. The zero-order valence-corrected chi connectivity index (χ0v) is 24.4. The fraction of sp³-hybridized carbons (Fsp3) is 0.484. The number of rotatable bonds is 6. The topological polar surface area (TPSA) is 117 Å². The van der Waals surface area contributed by atoms with Gasteiger partial charge < -0.3 is 35.2 Å². The van der Waals surface area contributed by atoms with Gasteiger partial charge in [0.2, 0.25) is 5.95 Å². The van der Waals surface area contributed by atoms with Gasteiger partial charge in [-0.1, -0.05) is 0 Å². The highest BCUT2D eigenvalue weighted by atomic mass is 16.5. The molecule has 0 unspecified atom stereocenters. The summed E-state index contributed by atoms with van der Waals surface area (Å²) >= 11 is 0. The average molecular weight is 573 g/mol. The Labute approximate surface area is 247 Å². The van der Waals surface area contributed by atoms with Crippen molar-refractivity contribution in [3.05, 3.63) is 54.4 Å². The number of nitrogens with zero attached hydrogens (tertiary/aromatic N) is 5. The summed E-state index contributed by atoms with van der Waals surface area (Å²) < 4.78 is 11.2. The molecule has 3 aromatic rings. The van der Waals surface area contributed by atoms with Crippen molar-refractivity contribution in [3.8, 4) is 11.4 Å². The Morgan fingerprint density at radius 1 is 0.881 bits per heavy atom. The van der Waals surface area contributed by atoms with Gasteiger partial charge in [0.25, 0.3) is 0 Å². The molecule has 0 bridgehead atoms. The molecule has 3 aliphatic rings. The summed E-state index contributed by atoms with van der Waals surface area (Å²) in [5.41, 5.74) is 3.46. The van der Waals surface area contributed by atoms with Gasteiger partial charge in [-0.25, -0.2) is 9.78 Å². The maximum absolute atomic E-state index is 12.7. The van der Waals surface area contributed by atoms with E-state index >= 15 is 0 Å². The summed E-state index contributed by atoms with van der Waals surface area (Å²) in [5, 5.41) is 9.32. The number of morpholine rings is 1. The molecule has 0 spiro atoms. The number of carbonyl (C=O) groups is 1. The van der Waals surface area contributed by atoms with Crippen LogP contribution < -0.4 is 25.8 Å². The molecule has 1 aromatic heterocycles. The first-order valence-corrected chi connectivity index (χ1v) is 15.0. The van der Waals surface area contributed by atoms with Crippen LogP contribution in [0, 0.1) is 0 Å². The number of aromatic nitrogens is 3. The molecule has 2 amide bonds. The van der Waals surface area contributed by atoms with E-state index in [2.05, 4.69) is 51.7 Å². The van der Waals surface area contributed by atoms with Crippen molar-refractivity contribution in [2.75, 3.05) is 73.0 Å². The second kappa shape index (κ2) is 13.0. The second-order valence-electron chi connectivity index (χ2n) is 11.3. The van der Waals surface area contributed by atoms with Gasteiger partial charge in [-0.2, -0.15) is 9.97 Å². The van der Waals surface area contributed by atoms with Crippen LogP contribution in [0.4, 0.5) is 27.8 Å². The lowest BCUT2D eigenvalue weighted by Crippen LogP contribution is -2.49. The zero-order valence-electron chi connectivity index (χ0n) is 24.4. The summed E-state index contributed by atoms with van der Waals surface area (Å²) in [4.78, 5) is 32.0. The Balaban J connectivity index is 1.13. The molecule has 42 heavy (non-hydrogen) atoms. The zero-order chi connectivity index (χ0) is 28.9. The molecule has 0 aliphatic carbocycles. The summed E-state index contributed by atoms with van der Waals surface area (Å²) in [6.07, 6.45) is 1.80. The lowest BCUT2D eigenvalue weighted by molar-refractivity contribution is 0.0834. The normalized spacial score (nSPS) is 21.7. The van der Waals surface area contributed by atoms with E-state index in [0.29, 0.717) is 36.7 Å². The van der Waals surface area contributed by atoms with Crippen LogP contribution in [0.5, 0.6) is 0 Å². The van der Waals surface area contributed by atoms with E-state index in [1.54, 1.807) is 0 Å². The van der Waals surface area contributed by atoms with Crippen LogP contribution >= 0.6 is 0 Å². The van der Waals surface area contributed by atoms with Crippen LogP contribution in [0.1, 0.15) is 38.4 Å². The lowest BCUT2D eigenvalue weighted by atomic mass is 9.99. The molecule has 11 nitrogen and oxygen atoms in total. The molecule has 6 rings (SSSR count). The fourth-order valence-corrected chi connectivity index (χ4v) is 5.72. The minimum atomic E-state index is -0.295. The largest absolute Gasteiger partial charge is 0.381 e. The number of hydrogen-bond donors (Lipinski definition) is 3. The number of anilines is 4. The molecule has 222 valence electrons. The first kappa shape index (κ1) is 28.3. The molecule has 4 heterocycles. The molecule has 3 aliphatic heterocycles. The SMILES string of the molecule is C[C@@H]1CN(c2ccc(NC(=O)Nc3ccc(-c4nc(C5CCOCC5)nc(N5CCOC[C@H]5C)n4)cc3)cc2)CCN1. The Bertz CT molecular complexity index is 1350. The number of ether oxygens (including phenoxy) is 2. The van der Waals surface area contributed by atoms with E-state index in [9.17, 15) is 4.79 Å². The third-order valence-electron chi connectivity index (χ3n) is 8.11. The van der Waals surface area contributed by atoms with Crippen LogP contribution in [0.3, 0.4) is 0 Å². The van der Waals surface area contributed by atoms with E-state index in [-0.39, 0.29) is 18.0 Å². The molecule has 0 radical (unpaired) electrons. The Hall–Kier alpha value is -3.80. The Kier molecular flexibility index (Phi) is 8.78. The van der Waals surface area contributed by atoms with Crippen LogP contribution in [-0.2, 0) is 9.47 Å². The van der Waals surface area contributed by atoms with Gasteiger partial charge in [0, 0.05) is 74.0 Å². The number of urea groups is 1. The minimum absolute atomic E-state index is 0.184. The van der Waals surface area contributed by atoms with Crippen molar-refractivity contribution < 1.29 is 14.3 Å². The van der Waals surface area contributed by atoms with E-state index in [1.807, 2.05) is 36.4 Å². The second-order valence-corrected chi connectivity index (χ2v) is 11.3. The highest BCUT2D eigenvalue weighted by Gasteiger charge is 2.26. The molecule has 0 saturated carbocycles. The first-order valence-electron chi connectivity index (χ1n) is 15.0. The van der Waals surface area contributed by atoms with Crippen LogP contribution in [0.2, 0.25) is 0 Å². The fourth-order valence-electron chi connectivity index (χ4n) is 5.72. The Morgan fingerprint density at radius 2 is 1.60 bits per heavy atom. The van der Waals surface area contributed by atoms with Crippen molar-refractivity contribution in [1.29, 1.82) is 0 Å². The molecule has 3 fully saturated rings. The molecule has 3 N–H and O–H groups in total. The predicted molar refractivity (Wildman–Crippen MR) is 164 cm³/mol. The smallest absolute Gasteiger partial charge is 0.323 e.